The number of nitrogens with one attached hydrogen (secondary N) is 1. The number of hydrogen-bond donors (Lipinski definition) is 2. The molecule has 0 aromatic carbocycles. The van der Waals surface area contributed by atoms with E-state index in [1.54, 1.807) is 4.90 Å². The predicted octanol–water partition coefficient (Wildman–Crippen LogP) is -1.89. The van der Waals surface area contributed by atoms with Crippen molar-refractivity contribution >= 4 is 0 Å². The number of likely N-dealkylation sites (tertiary alicyclic amines) is 1. The highest BCUT2D eigenvalue weighted by Gasteiger charge is 2.32. The van der Waals surface area contributed by atoms with Gasteiger partial charge in [0.25, 0.3) is 0 Å². The Kier molecular flexibility index (Phi) is 7.94. The molecule has 1 heterocycles. The summed E-state index contributed by atoms with van der Waals surface area (Å²) < 4.78 is 0. The summed E-state index contributed by atoms with van der Waals surface area (Å²) in [6, 6.07) is 0. The van der Waals surface area contributed by atoms with Crippen molar-refractivity contribution < 1.29 is 22.4 Å². The molecule has 2 N–H and O–H groups in total. The average molecular weight is 274 g/mol. The van der Waals surface area contributed by atoms with Crippen molar-refractivity contribution in [1.29, 1.82) is 0 Å². The lowest BCUT2D eigenvalue weighted by Gasteiger charge is -2.30. The van der Waals surface area contributed by atoms with Gasteiger partial charge in [0, 0.05) is 0 Å². The van der Waals surface area contributed by atoms with Crippen LogP contribution in [0.2, 0.25) is 0 Å². The van der Waals surface area contributed by atoms with Crippen molar-refractivity contribution in [3.05, 3.63) is 0 Å². The topological polar surface area (TPSA) is 24.7 Å². The fourth-order valence-corrected chi connectivity index (χ4v) is 2.49. The normalized spacial score (nSPS) is 17.3. The summed E-state index contributed by atoms with van der Waals surface area (Å²) in [4.78, 5) is 1.58. The van der Waals surface area contributed by atoms with Gasteiger partial charge < -0.3 is 22.4 Å². The Morgan fingerprint density at radius 1 is 1.06 bits per heavy atom. The molecule has 0 unspecified atom stereocenters. The van der Waals surface area contributed by atoms with Crippen LogP contribution in [-0.2, 0) is 0 Å². The molecule has 1 fully saturated rings. The summed E-state index contributed by atoms with van der Waals surface area (Å²) in [7, 11) is 0. The van der Waals surface area contributed by atoms with Crippen molar-refractivity contribution in [2.24, 2.45) is 11.8 Å². The Bertz CT molecular complexity index is 277. The molecule has 0 bridgehead atoms. The van der Waals surface area contributed by atoms with Crippen molar-refractivity contribution in [2.75, 3.05) is 19.6 Å². The zero-order valence-corrected chi connectivity index (χ0v) is 13.0. The minimum atomic E-state index is -0.824. The zero-order chi connectivity index (χ0) is 12.9. The molecule has 0 aromatic heterocycles. The summed E-state index contributed by atoms with van der Waals surface area (Å²) >= 11 is 0. The first-order valence-electron chi connectivity index (χ1n) is 7.02. The summed E-state index contributed by atoms with van der Waals surface area (Å²) in [6.07, 6.45) is 4.03. The van der Waals surface area contributed by atoms with Gasteiger partial charge in [-0.05, 0) is 37.0 Å². The van der Waals surface area contributed by atoms with E-state index < -0.39 is 5.60 Å². The molecule has 1 aliphatic heterocycles. The summed E-state index contributed by atoms with van der Waals surface area (Å²) in [5.74, 6) is 6.72. The van der Waals surface area contributed by atoms with E-state index in [-0.39, 0.29) is 24.2 Å². The maximum absolute atomic E-state index is 10.5. The fourth-order valence-electron chi connectivity index (χ4n) is 2.49. The smallest absolute Gasteiger partial charge is 0.139 e. The van der Waals surface area contributed by atoms with Crippen molar-refractivity contribution in [1.82, 2.24) is 0 Å². The van der Waals surface area contributed by atoms with Crippen LogP contribution in [0.4, 0.5) is 0 Å². The van der Waals surface area contributed by atoms with Crippen molar-refractivity contribution in [3.63, 3.8) is 0 Å². The molecule has 18 heavy (non-hydrogen) atoms. The van der Waals surface area contributed by atoms with Crippen LogP contribution in [0.5, 0.6) is 0 Å². The van der Waals surface area contributed by atoms with E-state index in [2.05, 4.69) is 11.8 Å². The lowest BCUT2D eigenvalue weighted by molar-refractivity contribution is -0.897. The third-order valence-corrected chi connectivity index (χ3v) is 3.95. The second kappa shape index (κ2) is 8.04. The molecule has 2 nitrogen and oxygen atoms in total. The van der Waals surface area contributed by atoms with E-state index in [4.69, 9.17) is 0 Å². The Labute approximate surface area is 119 Å². The fraction of sp³-hybridized carbons (Fsp3) is 0.867. The molecule has 3 heteroatoms. The van der Waals surface area contributed by atoms with E-state index >= 15 is 0 Å². The molecule has 0 spiro atoms. The Morgan fingerprint density at radius 3 is 2.00 bits per heavy atom. The van der Waals surface area contributed by atoms with E-state index in [0.29, 0.717) is 0 Å². The molecule has 0 atom stereocenters. The molecule has 0 radical (unpaired) electrons. The van der Waals surface area contributed by atoms with Crippen LogP contribution >= 0.6 is 0 Å². The van der Waals surface area contributed by atoms with Gasteiger partial charge in [0.05, 0.1) is 13.1 Å². The lowest BCUT2D eigenvalue weighted by Crippen LogP contribution is -3.12. The second-order valence-corrected chi connectivity index (χ2v) is 5.92. The number of hydrogen-bond acceptors (Lipinski definition) is 1. The number of piperidine rings is 1. The van der Waals surface area contributed by atoms with E-state index in [9.17, 15) is 5.11 Å². The van der Waals surface area contributed by atoms with Crippen LogP contribution < -0.4 is 17.3 Å². The number of quaternary nitrogens is 1. The zero-order valence-electron chi connectivity index (χ0n) is 12.2. The van der Waals surface area contributed by atoms with Crippen LogP contribution in [0.15, 0.2) is 0 Å². The lowest BCUT2D eigenvalue weighted by atomic mass is 9.81. The SMILES string of the molecule is CC(C)C(O)(C#CC[NH+]1CCCCC1)C(C)C.[Cl-]. The maximum atomic E-state index is 10.5. The van der Waals surface area contributed by atoms with Gasteiger partial charge in [0.1, 0.15) is 12.1 Å². The molecule has 106 valence electrons. The largest absolute Gasteiger partial charge is 1.00 e. The summed E-state index contributed by atoms with van der Waals surface area (Å²) in [5, 5.41) is 10.5. The average Bonchev–Trinajstić information content (AvgIpc) is 2.29. The Balaban J connectivity index is 0.00000289. The third kappa shape index (κ3) is 4.80. The molecule has 0 aliphatic carbocycles. The molecule has 0 amide bonds. The van der Waals surface area contributed by atoms with E-state index in [1.165, 1.54) is 32.4 Å². The first-order valence-corrected chi connectivity index (χ1v) is 7.02. The standard InChI is InChI=1S/C15H27NO.ClH/c1-13(2)15(17,14(3)4)9-8-12-16-10-6-5-7-11-16;/h13-14,17H,5-7,10-12H2,1-4H3;1H. The highest BCUT2D eigenvalue weighted by molar-refractivity contribution is 5.16. The number of halogens is 1. The van der Waals surface area contributed by atoms with E-state index in [1.807, 2.05) is 27.7 Å². The predicted molar refractivity (Wildman–Crippen MR) is 71.8 cm³/mol. The first-order chi connectivity index (χ1) is 7.97. The van der Waals surface area contributed by atoms with Crippen LogP contribution in [0.1, 0.15) is 47.0 Å². The summed E-state index contributed by atoms with van der Waals surface area (Å²) in [6.45, 7) is 11.6. The maximum Gasteiger partial charge on any atom is 0.139 e. The van der Waals surface area contributed by atoms with Crippen molar-refractivity contribution in [3.8, 4) is 11.8 Å². The van der Waals surface area contributed by atoms with Crippen LogP contribution in [0.25, 0.3) is 0 Å². The third-order valence-electron chi connectivity index (χ3n) is 3.95. The minimum Gasteiger partial charge on any atom is -1.00 e. The van der Waals surface area contributed by atoms with Gasteiger partial charge in [-0.15, -0.1) is 0 Å². The minimum absolute atomic E-state index is 0. The van der Waals surface area contributed by atoms with Crippen LogP contribution in [0.3, 0.4) is 0 Å². The van der Waals surface area contributed by atoms with Crippen LogP contribution in [0, 0.1) is 23.7 Å². The monoisotopic (exact) mass is 273 g/mol. The molecular formula is C15H28ClNO. The van der Waals surface area contributed by atoms with Crippen LogP contribution in [-0.4, -0.2) is 30.3 Å². The highest BCUT2D eigenvalue weighted by Crippen LogP contribution is 2.24. The van der Waals surface area contributed by atoms with Gasteiger partial charge in [-0.2, -0.15) is 0 Å². The van der Waals surface area contributed by atoms with Gasteiger partial charge in [-0.1, -0.05) is 33.6 Å². The van der Waals surface area contributed by atoms with E-state index in [0.717, 1.165) is 6.54 Å². The Morgan fingerprint density at radius 2 is 1.56 bits per heavy atom. The van der Waals surface area contributed by atoms with Gasteiger partial charge in [-0.25, -0.2) is 0 Å². The summed E-state index contributed by atoms with van der Waals surface area (Å²) in [5.41, 5.74) is -0.824. The Hall–Kier alpha value is -0.230. The van der Waals surface area contributed by atoms with Crippen molar-refractivity contribution in [2.45, 2.75) is 52.6 Å². The molecule has 0 saturated carbocycles. The molecule has 1 rings (SSSR count). The first kappa shape index (κ1) is 17.8. The van der Waals surface area contributed by atoms with Gasteiger partial charge >= 0.3 is 0 Å². The molecule has 1 aliphatic rings. The van der Waals surface area contributed by atoms with Gasteiger partial charge in [0.2, 0.25) is 0 Å². The second-order valence-electron chi connectivity index (χ2n) is 5.92. The quantitative estimate of drug-likeness (QED) is 0.578. The number of aliphatic hydroxyl groups is 1. The highest BCUT2D eigenvalue weighted by atomic mass is 35.5. The van der Waals surface area contributed by atoms with Gasteiger partial charge in [0.15, 0.2) is 0 Å². The number of rotatable bonds is 3. The molecule has 1 saturated heterocycles. The molecule has 0 aromatic rings. The van der Waals surface area contributed by atoms with Gasteiger partial charge in [-0.3, -0.25) is 0 Å². The molecular weight excluding hydrogens is 246 g/mol.